The lowest BCUT2D eigenvalue weighted by molar-refractivity contribution is 0.508. The molecule has 128 valence electrons. The predicted octanol–water partition coefficient (Wildman–Crippen LogP) is 6.16. The number of hydrogen-bond donors (Lipinski definition) is 0. The summed E-state index contributed by atoms with van der Waals surface area (Å²) >= 11 is 0. The van der Waals surface area contributed by atoms with Gasteiger partial charge in [0, 0.05) is 0 Å². The number of rotatable bonds is 2. The molecule has 0 heterocycles. The van der Waals surface area contributed by atoms with E-state index in [1.54, 1.807) is 0 Å². The lowest BCUT2D eigenvalue weighted by atomic mass is 9.97. The fraction of sp³-hybridized carbons (Fsp3) is 0.0526. The molecule has 0 aromatic heterocycles. The molecule has 0 fully saturated rings. The van der Waals surface area contributed by atoms with Gasteiger partial charge >= 0.3 is 0 Å². The van der Waals surface area contributed by atoms with Crippen molar-refractivity contribution >= 4 is 0 Å². The van der Waals surface area contributed by atoms with E-state index >= 15 is 0 Å². The van der Waals surface area contributed by atoms with Crippen LogP contribution in [0.4, 0.5) is 26.3 Å². The minimum absolute atomic E-state index is 0.231. The van der Waals surface area contributed by atoms with Crippen molar-refractivity contribution in [2.75, 3.05) is 0 Å². The molecule has 0 N–H and O–H groups in total. The maximum absolute atomic E-state index is 14.4. The van der Waals surface area contributed by atoms with Crippen LogP contribution in [0.15, 0.2) is 42.5 Å². The highest BCUT2D eigenvalue weighted by molar-refractivity contribution is 5.72. The number of benzene rings is 3. The first kappa shape index (κ1) is 17.1. The quantitative estimate of drug-likeness (QED) is 0.484. The molecule has 25 heavy (non-hydrogen) atoms. The topological polar surface area (TPSA) is 0 Å². The van der Waals surface area contributed by atoms with E-state index in [0.717, 1.165) is 36.4 Å². The van der Waals surface area contributed by atoms with Crippen LogP contribution >= 0.6 is 0 Å². The highest BCUT2D eigenvalue weighted by atomic mass is 19.2. The van der Waals surface area contributed by atoms with Gasteiger partial charge in [0.25, 0.3) is 0 Å². The van der Waals surface area contributed by atoms with E-state index in [0.29, 0.717) is 11.6 Å². The second-order valence-corrected chi connectivity index (χ2v) is 5.55. The summed E-state index contributed by atoms with van der Waals surface area (Å²) in [7, 11) is 0. The second kappa shape index (κ2) is 6.27. The van der Waals surface area contributed by atoms with E-state index in [1.165, 1.54) is 6.92 Å². The predicted molar refractivity (Wildman–Crippen MR) is 81.8 cm³/mol. The molecule has 0 atom stereocenters. The first-order valence-corrected chi connectivity index (χ1v) is 7.18. The van der Waals surface area contributed by atoms with Gasteiger partial charge in [-0.05, 0) is 60.0 Å². The SMILES string of the molecule is Cc1cc(F)c(-c2cc(F)c(-c3ccc(F)c(F)c3)c(F)c2)c(F)c1. The zero-order chi connectivity index (χ0) is 18.3. The smallest absolute Gasteiger partial charge is 0.159 e. The van der Waals surface area contributed by atoms with Crippen LogP contribution in [0.2, 0.25) is 0 Å². The van der Waals surface area contributed by atoms with Crippen molar-refractivity contribution < 1.29 is 26.3 Å². The second-order valence-electron chi connectivity index (χ2n) is 5.55. The first-order valence-electron chi connectivity index (χ1n) is 7.18. The summed E-state index contributed by atoms with van der Waals surface area (Å²) in [6, 6.07) is 5.95. The van der Waals surface area contributed by atoms with Crippen LogP contribution in [0.25, 0.3) is 22.3 Å². The normalized spacial score (nSPS) is 11.0. The van der Waals surface area contributed by atoms with E-state index in [4.69, 9.17) is 0 Å². The maximum atomic E-state index is 14.4. The summed E-state index contributed by atoms with van der Waals surface area (Å²) in [4.78, 5) is 0. The van der Waals surface area contributed by atoms with Gasteiger partial charge in [-0.2, -0.15) is 0 Å². The first-order chi connectivity index (χ1) is 11.8. The lowest BCUT2D eigenvalue weighted by Gasteiger charge is -2.11. The van der Waals surface area contributed by atoms with Gasteiger partial charge in [0.1, 0.15) is 23.3 Å². The van der Waals surface area contributed by atoms with Crippen molar-refractivity contribution in [2.45, 2.75) is 6.92 Å². The average molecular weight is 352 g/mol. The van der Waals surface area contributed by atoms with Crippen LogP contribution in [0.1, 0.15) is 5.56 Å². The largest absolute Gasteiger partial charge is 0.206 e. The average Bonchev–Trinajstić information content (AvgIpc) is 2.49. The fourth-order valence-corrected chi connectivity index (χ4v) is 2.62. The summed E-state index contributed by atoms with van der Waals surface area (Å²) in [6.07, 6.45) is 0. The molecule has 0 nitrogen and oxygen atoms in total. The Labute approximate surface area is 139 Å². The van der Waals surface area contributed by atoms with Crippen LogP contribution < -0.4 is 0 Å². The molecule has 0 unspecified atom stereocenters. The van der Waals surface area contributed by atoms with E-state index < -0.39 is 46.0 Å². The van der Waals surface area contributed by atoms with Crippen LogP contribution in [-0.2, 0) is 0 Å². The van der Waals surface area contributed by atoms with Crippen LogP contribution in [0.5, 0.6) is 0 Å². The molecule has 3 aromatic carbocycles. The standard InChI is InChI=1S/C19H10F6/c1-9-4-14(22)19(15(23)5-9)11-7-16(24)18(17(25)8-11)10-2-3-12(20)13(21)6-10/h2-8H,1H3. The summed E-state index contributed by atoms with van der Waals surface area (Å²) in [5, 5.41) is 0. The Kier molecular flexibility index (Phi) is 4.29. The highest BCUT2D eigenvalue weighted by Gasteiger charge is 2.19. The zero-order valence-electron chi connectivity index (χ0n) is 12.8. The van der Waals surface area contributed by atoms with E-state index in [2.05, 4.69) is 0 Å². The Balaban J connectivity index is 2.18. The summed E-state index contributed by atoms with van der Waals surface area (Å²) in [6.45, 7) is 1.48. The van der Waals surface area contributed by atoms with Gasteiger partial charge in [0.15, 0.2) is 11.6 Å². The lowest BCUT2D eigenvalue weighted by Crippen LogP contribution is -1.97. The van der Waals surface area contributed by atoms with Crippen molar-refractivity contribution in [2.24, 2.45) is 0 Å². The molecule has 0 aliphatic carbocycles. The zero-order valence-corrected chi connectivity index (χ0v) is 12.8. The third kappa shape index (κ3) is 3.12. The Morgan fingerprint density at radius 3 is 1.44 bits per heavy atom. The summed E-state index contributed by atoms with van der Waals surface area (Å²) < 4.78 is 83.0. The molecular formula is C19H10F6. The van der Waals surface area contributed by atoms with E-state index in [-0.39, 0.29) is 11.1 Å². The monoisotopic (exact) mass is 352 g/mol. The van der Waals surface area contributed by atoms with Crippen molar-refractivity contribution in [1.82, 2.24) is 0 Å². The Bertz CT molecular complexity index is 932. The Morgan fingerprint density at radius 2 is 0.920 bits per heavy atom. The third-order valence-corrected chi connectivity index (χ3v) is 3.73. The van der Waals surface area contributed by atoms with Crippen molar-refractivity contribution in [3.05, 3.63) is 82.9 Å². The van der Waals surface area contributed by atoms with Crippen LogP contribution in [0, 0.1) is 41.8 Å². The highest BCUT2D eigenvalue weighted by Crippen LogP contribution is 2.34. The van der Waals surface area contributed by atoms with Crippen molar-refractivity contribution in [3.8, 4) is 22.3 Å². The molecule has 0 bridgehead atoms. The molecule has 3 aromatic rings. The van der Waals surface area contributed by atoms with Gasteiger partial charge < -0.3 is 0 Å². The molecule has 3 rings (SSSR count). The van der Waals surface area contributed by atoms with E-state index in [9.17, 15) is 26.3 Å². The number of aryl methyl sites for hydroxylation is 1. The molecule has 6 heteroatoms. The van der Waals surface area contributed by atoms with Gasteiger partial charge in [-0.1, -0.05) is 6.07 Å². The summed E-state index contributed by atoms with van der Waals surface area (Å²) in [5.41, 5.74) is -1.43. The van der Waals surface area contributed by atoms with Gasteiger partial charge in [-0.25, -0.2) is 26.3 Å². The van der Waals surface area contributed by atoms with Gasteiger partial charge in [-0.15, -0.1) is 0 Å². The molecular weight excluding hydrogens is 342 g/mol. The van der Waals surface area contributed by atoms with Gasteiger partial charge in [0.05, 0.1) is 11.1 Å². The van der Waals surface area contributed by atoms with Crippen LogP contribution in [-0.4, -0.2) is 0 Å². The molecule has 0 radical (unpaired) electrons. The maximum Gasteiger partial charge on any atom is 0.159 e. The van der Waals surface area contributed by atoms with Gasteiger partial charge in [-0.3, -0.25) is 0 Å². The molecule has 0 spiro atoms. The minimum atomic E-state index is -1.27. The molecule has 0 saturated heterocycles. The van der Waals surface area contributed by atoms with Crippen molar-refractivity contribution in [1.29, 1.82) is 0 Å². The molecule has 0 amide bonds. The molecule has 0 saturated carbocycles. The van der Waals surface area contributed by atoms with Crippen molar-refractivity contribution in [3.63, 3.8) is 0 Å². The third-order valence-electron chi connectivity index (χ3n) is 3.73. The molecule has 0 aliphatic heterocycles. The summed E-state index contributed by atoms with van der Waals surface area (Å²) in [5.74, 6) is -6.66. The Morgan fingerprint density at radius 1 is 0.480 bits per heavy atom. The fourth-order valence-electron chi connectivity index (χ4n) is 2.62. The van der Waals surface area contributed by atoms with Crippen LogP contribution in [0.3, 0.4) is 0 Å². The molecule has 0 aliphatic rings. The minimum Gasteiger partial charge on any atom is -0.206 e. The number of hydrogen-bond acceptors (Lipinski definition) is 0. The number of halogens is 6. The van der Waals surface area contributed by atoms with Gasteiger partial charge in [0.2, 0.25) is 0 Å². The Hall–Kier alpha value is -2.76. The van der Waals surface area contributed by atoms with E-state index in [1.807, 2.05) is 0 Å².